The van der Waals surface area contributed by atoms with Crippen LogP contribution in [-0.4, -0.2) is 0 Å². The SMILES string of the molecule is Cc1ccccc1-c1ccc(-c2cccc(N(c3ccccc3)c3ccc4sc5ccc(N(c6ccccc6)c6ccccc6)cc5c4c3)c2)cc1[C@@H](C)c1ccccc1. The second kappa shape index (κ2) is 16.2. The highest BCUT2D eigenvalue weighted by Gasteiger charge is 2.20. The normalized spacial score (nSPS) is 11.8. The molecule has 1 aromatic heterocycles. The maximum absolute atomic E-state index is 2.42. The highest BCUT2D eigenvalue weighted by Crippen LogP contribution is 2.45. The Bertz CT molecular complexity index is 3030. The van der Waals surface area contributed by atoms with Gasteiger partial charge in [0.05, 0.1) is 0 Å². The van der Waals surface area contributed by atoms with E-state index in [1.54, 1.807) is 0 Å². The van der Waals surface area contributed by atoms with E-state index in [1.807, 2.05) is 11.3 Å². The molecule has 0 bridgehead atoms. The molecule has 3 heteroatoms. The molecule has 10 aromatic rings. The predicted octanol–water partition coefficient (Wildman–Crippen LogP) is 16.8. The van der Waals surface area contributed by atoms with Gasteiger partial charge in [0, 0.05) is 60.2 Å². The Morgan fingerprint density at radius 1 is 0.367 bits per heavy atom. The minimum Gasteiger partial charge on any atom is -0.310 e. The Hall–Kier alpha value is -7.20. The van der Waals surface area contributed by atoms with Crippen LogP contribution in [0.4, 0.5) is 34.1 Å². The van der Waals surface area contributed by atoms with Gasteiger partial charge in [-0.2, -0.15) is 0 Å². The first-order valence-electron chi connectivity index (χ1n) is 20.7. The summed E-state index contributed by atoms with van der Waals surface area (Å²) in [5, 5.41) is 2.50. The molecule has 0 saturated heterocycles. The lowest BCUT2D eigenvalue weighted by Gasteiger charge is -2.26. The Morgan fingerprint density at radius 2 is 0.833 bits per heavy atom. The van der Waals surface area contributed by atoms with E-state index in [9.17, 15) is 0 Å². The van der Waals surface area contributed by atoms with Gasteiger partial charge in [-0.15, -0.1) is 11.3 Å². The van der Waals surface area contributed by atoms with Gasteiger partial charge in [-0.1, -0.05) is 140 Å². The molecular formula is C57H44N2S. The summed E-state index contributed by atoms with van der Waals surface area (Å²) in [5.41, 5.74) is 15.6. The summed E-state index contributed by atoms with van der Waals surface area (Å²) in [5.74, 6) is 0.213. The van der Waals surface area contributed by atoms with Crippen LogP contribution < -0.4 is 9.80 Å². The van der Waals surface area contributed by atoms with Crippen LogP contribution in [0.5, 0.6) is 0 Å². The number of aryl methyl sites for hydroxylation is 1. The maximum Gasteiger partial charge on any atom is 0.0468 e. The molecule has 9 aromatic carbocycles. The molecule has 288 valence electrons. The number of benzene rings is 9. The summed E-state index contributed by atoms with van der Waals surface area (Å²) in [7, 11) is 0. The number of fused-ring (bicyclic) bond motifs is 3. The molecule has 60 heavy (non-hydrogen) atoms. The number of rotatable bonds is 10. The molecular weight excluding hydrogens is 745 g/mol. The number of nitrogens with zero attached hydrogens (tertiary/aromatic N) is 2. The van der Waals surface area contributed by atoms with Gasteiger partial charge in [0.2, 0.25) is 0 Å². The minimum absolute atomic E-state index is 0.213. The molecule has 2 nitrogen and oxygen atoms in total. The molecule has 1 heterocycles. The van der Waals surface area contributed by atoms with Crippen LogP contribution in [0.25, 0.3) is 42.4 Å². The minimum atomic E-state index is 0.213. The average molecular weight is 789 g/mol. The summed E-state index contributed by atoms with van der Waals surface area (Å²) < 4.78 is 2.54. The first-order chi connectivity index (χ1) is 29.6. The molecule has 0 spiro atoms. The van der Waals surface area contributed by atoms with Gasteiger partial charge >= 0.3 is 0 Å². The van der Waals surface area contributed by atoms with Crippen LogP contribution in [0.2, 0.25) is 0 Å². The van der Waals surface area contributed by atoms with Gasteiger partial charge in [-0.3, -0.25) is 0 Å². The topological polar surface area (TPSA) is 6.48 Å². The molecule has 0 saturated carbocycles. The fourth-order valence-electron chi connectivity index (χ4n) is 8.62. The van der Waals surface area contributed by atoms with Crippen LogP contribution in [0.1, 0.15) is 29.5 Å². The summed E-state index contributed by atoms with van der Waals surface area (Å²) in [6.07, 6.45) is 0. The predicted molar refractivity (Wildman–Crippen MR) is 258 cm³/mol. The van der Waals surface area contributed by atoms with Crippen molar-refractivity contribution in [3.63, 3.8) is 0 Å². The van der Waals surface area contributed by atoms with Crippen LogP contribution >= 0.6 is 11.3 Å². The summed E-state index contributed by atoms with van der Waals surface area (Å²) in [6.45, 7) is 4.54. The smallest absolute Gasteiger partial charge is 0.0468 e. The zero-order chi connectivity index (χ0) is 40.4. The van der Waals surface area contributed by atoms with E-state index < -0.39 is 0 Å². The Balaban J connectivity index is 1.09. The molecule has 10 rings (SSSR count). The van der Waals surface area contributed by atoms with Gasteiger partial charge < -0.3 is 9.80 Å². The van der Waals surface area contributed by atoms with Crippen molar-refractivity contribution >= 4 is 65.6 Å². The summed E-state index contributed by atoms with van der Waals surface area (Å²) in [6, 6.07) is 81.5. The first kappa shape index (κ1) is 37.1. The second-order valence-electron chi connectivity index (χ2n) is 15.4. The number of hydrogen-bond donors (Lipinski definition) is 0. The second-order valence-corrected chi connectivity index (χ2v) is 16.5. The van der Waals surface area contributed by atoms with Gasteiger partial charge in [0.25, 0.3) is 0 Å². The molecule has 0 aliphatic heterocycles. The third kappa shape index (κ3) is 7.14. The van der Waals surface area contributed by atoms with Crippen LogP contribution in [0, 0.1) is 6.92 Å². The van der Waals surface area contributed by atoms with Gasteiger partial charge in [0.15, 0.2) is 0 Å². The Labute approximate surface area is 356 Å². The quantitative estimate of drug-likeness (QED) is 0.136. The zero-order valence-electron chi connectivity index (χ0n) is 33.7. The van der Waals surface area contributed by atoms with E-state index in [-0.39, 0.29) is 5.92 Å². The molecule has 0 aliphatic rings. The fraction of sp³-hybridized carbons (Fsp3) is 0.0526. The number of hydrogen-bond acceptors (Lipinski definition) is 3. The zero-order valence-corrected chi connectivity index (χ0v) is 34.6. The van der Waals surface area contributed by atoms with Gasteiger partial charge in [-0.25, -0.2) is 0 Å². The number of anilines is 6. The molecule has 0 radical (unpaired) electrons. The van der Waals surface area contributed by atoms with Crippen LogP contribution in [0.3, 0.4) is 0 Å². The summed E-state index contributed by atoms with van der Waals surface area (Å²) in [4.78, 5) is 4.74. The Kier molecular flexibility index (Phi) is 10.0. The van der Waals surface area contributed by atoms with Crippen LogP contribution in [-0.2, 0) is 0 Å². The molecule has 0 fully saturated rings. The molecule has 1 atom stereocenters. The van der Waals surface area contributed by atoms with E-state index in [2.05, 4.69) is 248 Å². The van der Waals surface area contributed by atoms with E-state index in [0.717, 1.165) is 34.1 Å². The average Bonchev–Trinajstić information content (AvgIpc) is 3.68. The van der Waals surface area contributed by atoms with E-state index >= 15 is 0 Å². The van der Waals surface area contributed by atoms with Crippen molar-refractivity contribution in [1.82, 2.24) is 0 Å². The molecule has 0 aliphatic carbocycles. The lowest BCUT2D eigenvalue weighted by atomic mass is 9.84. The van der Waals surface area contributed by atoms with Crippen molar-refractivity contribution < 1.29 is 0 Å². The van der Waals surface area contributed by atoms with Crippen molar-refractivity contribution in [2.24, 2.45) is 0 Å². The highest BCUT2D eigenvalue weighted by molar-refractivity contribution is 7.25. The largest absolute Gasteiger partial charge is 0.310 e. The standard InChI is InChI=1S/C57H44N2S/c1-40-18-15-16-29-51(40)52-33-30-44(37-53(52)41(2)42-19-7-3-8-20-42)43-21-17-28-48(36-43)59(47-26-13-6-14-27-47)50-32-35-57-55(39-50)54-38-49(31-34-56(54)60-57)58(45-22-9-4-10-23-45)46-24-11-5-12-25-46/h3-39,41H,1-2H3/t41-/m0/s1. The van der Waals surface area contributed by atoms with Crippen LogP contribution in [0.15, 0.2) is 224 Å². The third-order valence-electron chi connectivity index (χ3n) is 11.7. The fourth-order valence-corrected chi connectivity index (χ4v) is 9.69. The van der Waals surface area contributed by atoms with Crippen molar-refractivity contribution in [1.29, 1.82) is 0 Å². The highest BCUT2D eigenvalue weighted by atomic mass is 32.1. The molecule has 0 amide bonds. The maximum atomic E-state index is 2.42. The molecule has 0 unspecified atom stereocenters. The van der Waals surface area contributed by atoms with E-state index in [4.69, 9.17) is 0 Å². The van der Waals surface area contributed by atoms with Gasteiger partial charge in [-0.05, 0) is 137 Å². The molecule has 0 N–H and O–H groups in total. The monoisotopic (exact) mass is 788 g/mol. The first-order valence-corrected chi connectivity index (χ1v) is 21.5. The lowest BCUT2D eigenvalue weighted by Crippen LogP contribution is -2.10. The Morgan fingerprint density at radius 3 is 1.40 bits per heavy atom. The van der Waals surface area contributed by atoms with Crippen molar-refractivity contribution in [2.75, 3.05) is 9.80 Å². The summed E-state index contributed by atoms with van der Waals surface area (Å²) >= 11 is 1.85. The third-order valence-corrected chi connectivity index (χ3v) is 12.8. The van der Waals surface area contributed by atoms with E-state index in [1.165, 1.54) is 59.1 Å². The van der Waals surface area contributed by atoms with Crippen molar-refractivity contribution in [3.8, 4) is 22.3 Å². The number of thiophene rings is 1. The number of para-hydroxylation sites is 3. The lowest BCUT2D eigenvalue weighted by molar-refractivity contribution is 0.925. The van der Waals surface area contributed by atoms with Gasteiger partial charge in [0.1, 0.15) is 0 Å². The van der Waals surface area contributed by atoms with Crippen molar-refractivity contribution in [2.45, 2.75) is 19.8 Å². The van der Waals surface area contributed by atoms with E-state index in [0.29, 0.717) is 0 Å². The van der Waals surface area contributed by atoms with Crippen molar-refractivity contribution in [3.05, 3.63) is 241 Å².